The van der Waals surface area contributed by atoms with E-state index >= 15 is 0 Å². The Labute approximate surface area is 325 Å². The second-order valence-electron chi connectivity index (χ2n) is 14.6. The van der Waals surface area contributed by atoms with E-state index in [0.717, 1.165) is 5.69 Å². The summed E-state index contributed by atoms with van der Waals surface area (Å²) < 4.78 is 4.78. The molecule has 0 radical (unpaired) electrons. The molecule has 262 valence electrons. The zero-order chi connectivity index (χ0) is 37.0. The first kappa shape index (κ1) is 32.0. The fraction of sp³-hybridized carbons (Fsp3) is 0. The number of fused-ring (bicyclic) bond motifs is 4. The van der Waals surface area contributed by atoms with Gasteiger partial charge in [-0.25, -0.2) is 0 Å². The maximum atomic E-state index is 2.42. The first-order chi connectivity index (χ1) is 27.7. The van der Waals surface area contributed by atoms with Crippen LogP contribution in [0.25, 0.3) is 99.4 Å². The lowest BCUT2D eigenvalue weighted by molar-refractivity contribution is 1.14. The molecular weight excluding hydrogens is 677 g/mol. The Morgan fingerprint density at radius 3 is 1.70 bits per heavy atom. The minimum atomic E-state index is 1.14. The molecule has 2 nitrogen and oxygen atoms in total. The zero-order valence-corrected chi connectivity index (χ0v) is 30.7. The van der Waals surface area contributed by atoms with E-state index in [0.29, 0.717) is 0 Å². The molecular formula is C54H36N2. The molecule has 0 fully saturated rings. The minimum absolute atomic E-state index is 1.14. The molecule has 0 aliphatic heterocycles. The Balaban J connectivity index is 1.08. The quantitative estimate of drug-likeness (QED) is 0.162. The van der Waals surface area contributed by atoms with Crippen molar-refractivity contribution in [2.75, 3.05) is 0 Å². The van der Waals surface area contributed by atoms with Crippen molar-refractivity contribution in [2.45, 2.75) is 0 Å². The minimum Gasteiger partial charge on any atom is -0.315 e. The molecule has 0 saturated carbocycles. The number of rotatable bonds is 6. The molecule has 0 bridgehead atoms. The Hall–Kier alpha value is -7.42. The van der Waals surface area contributed by atoms with E-state index in [1.54, 1.807) is 0 Å². The van der Waals surface area contributed by atoms with Crippen molar-refractivity contribution in [1.29, 1.82) is 0 Å². The molecule has 0 aliphatic rings. The third-order valence-electron chi connectivity index (χ3n) is 11.3. The van der Waals surface area contributed by atoms with Crippen molar-refractivity contribution >= 4 is 43.4 Å². The lowest BCUT2D eigenvalue weighted by atomic mass is 9.99. The predicted molar refractivity (Wildman–Crippen MR) is 237 cm³/mol. The summed E-state index contributed by atoms with van der Waals surface area (Å²) in [4.78, 5) is 0. The number of benzene rings is 9. The van der Waals surface area contributed by atoms with E-state index in [-0.39, 0.29) is 0 Å². The van der Waals surface area contributed by atoms with Gasteiger partial charge in [-0.2, -0.15) is 0 Å². The first-order valence-electron chi connectivity index (χ1n) is 19.2. The first-order valence-corrected chi connectivity index (χ1v) is 19.2. The Kier molecular flexibility index (Phi) is 7.53. The van der Waals surface area contributed by atoms with Gasteiger partial charge < -0.3 is 9.13 Å². The molecule has 0 aliphatic carbocycles. The average Bonchev–Trinajstić information content (AvgIpc) is 3.85. The molecule has 2 heteroatoms. The lowest BCUT2D eigenvalue weighted by Crippen LogP contribution is -1.97. The van der Waals surface area contributed by atoms with Crippen molar-refractivity contribution < 1.29 is 0 Å². The van der Waals surface area contributed by atoms with Crippen LogP contribution in [-0.2, 0) is 0 Å². The summed E-state index contributed by atoms with van der Waals surface area (Å²) in [5, 5.41) is 7.39. The van der Waals surface area contributed by atoms with Crippen molar-refractivity contribution in [3.8, 4) is 56.0 Å². The largest absolute Gasteiger partial charge is 0.315 e. The summed E-state index contributed by atoms with van der Waals surface area (Å²) in [5.41, 5.74) is 14.3. The topological polar surface area (TPSA) is 9.86 Å². The highest BCUT2D eigenvalue weighted by atomic mass is 15.0. The standard InChI is InChI=1S/C54H36N2/c1-3-12-37(13-4-1)39-24-28-47(29-25-39)56-51-30-26-43(33-46(51)35-54(56)45-23-22-38-14-7-8-18-42(38)32-45)44-27-31-53-49(34-44)50(41-15-5-2-6-16-41)36-55(53)52-21-11-19-40-17-9-10-20-48(40)52/h1-36H. The number of hydrogen-bond donors (Lipinski definition) is 0. The molecule has 0 amide bonds. The fourth-order valence-corrected chi connectivity index (χ4v) is 8.54. The Bertz CT molecular complexity index is 3220. The molecule has 0 atom stereocenters. The van der Waals surface area contributed by atoms with Gasteiger partial charge in [0.1, 0.15) is 0 Å². The SMILES string of the molecule is c1ccc(-c2ccc(-n3c(-c4ccc5ccccc5c4)cc4cc(-c5ccc6c(c5)c(-c5ccccc5)cn6-c5cccc6ccccc56)ccc43)cc2)cc1. The fourth-order valence-electron chi connectivity index (χ4n) is 8.54. The molecule has 11 rings (SSSR count). The summed E-state index contributed by atoms with van der Waals surface area (Å²) in [6.45, 7) is 0. The van der Waals surface area contributed by atoms with Crippen LogP contribution >= 0.6 is 0 Å². The molecule has 11 aromatic rings. The average molecular weight is 713 g/mol. The normalized spacial score (nSPS) is 11.6. The van der Waals surface area contributed by atoms with Gasteiger partial charge >= 0.3 is 0 Å². The van der Waals surface area contributed by atoms with Crippen molar-refractivity contribution in [2.24, 2.45) is 0 Å². The molecule has 0 N–H and O–H groups in total. The summed E-state index contributed by atoms with van der Waals surface area (Å²) >= 11 is 0. The summed E-state index contributed by atoms with van der Waals surface area (Å²) in [6.07, 6.45) is 2.31. The van der Waals surface area contributed by atoms with Crippen LogP contribution in [0.4, 0.5) is 0 Å². The maximum absolute atomic E-state index is 2.42. The number of nitrogens with zero attached hydrogens (tertiary/aromatic N) is 2. The molecule has 0 unspecified atom stereocenters. The second kappa shape index (κ2) is 13.2. The molecule has 0 spiro atoms. The van der Waals surface area contributed by atoms with Gasteiger partial charge in [0, 0.05) is 33.6 Å². The third-order valence-corrected chi connectivity index (χ3v) is 11.3. The third kappa shape index (κ3) is 5.42. The van der Waals surface area contributed by atoms with Crippen LogP contribution in [0, 0.1) is 0 Å². The smallest absolute Gasteiger partial charge is 0.0541 e. The molecule has 9 aromatic carbocycles. The summed E-state index contributed by atoms with van der Waals surface area (Å²) in [5.74, 6) is 0. The highest BCUT2D eigenvalue weighted by molar-refractivity contribution is 6.02. The number of aromatic nitrogens is 2. The van der Waals surface area contributed by atoms with Crippen molar-refractivity contribution in [3.63, 3.8) is 0 Å². The molecule has 56 heavy (non-hydrogen) atoms. The van der Waals surface area contributed by atoms with E-state index in [1.165, 1.54) is 93.7 Å². The van der Waals surface area contributed by atoms with E-state index in [2.05, 4.69) is 228 Å². The van der Waals surface area contributed by atoms with Gasteiger partial charge in [0.2, 0.25) is 0 Å². The molecule has 2 heterocycles. The summed E-state index contributed by atoms with van der Waals surface area (Å²) in [6, 6.07) is 77.2. The Morgan fingerprint density at radius 2 is 0.893 bits per heavy atom. The van der Waals surface area contributed by atoms with E-state index in [4.69, 9.17) is 0 Å². The van der Waals surface area contributed by atoms with Crippen LogP contribution in [0.2, 0.25) is 0 Å². The second-order valence-corrected chi connectivity index (χ2v) is 14.6. The molecule has 2 aromatic heterocycles. The van der Waals surface area contributed by atoms with Crippen LogP contribution < -0.4 is 0 Å². The Morgan fingerprint density at radius 1 is 0.304 bits per heavy atom. The van der Waals surface area contributed by atoms with Gasteiger partial charge in [0.25, 0.3) is 0 Å². The van der Waals surface area contributed by atoms with Gasteiger partial charge in [-0.3, -0.25) is 0 Å². The predicted octanol–water partition coefficient (Wildman–Crippen LogP) is 14.5. The highest BCUT2D eigenvalue weighted by Gasteiger charge is 2.17. The van der Waals surface area contributed by atoms with Crippen LogP contribution in [0.15, 0.2) is 219 Å². The van der Waals surface area contributed by atoms with E-state index < -0.39 is 0 Å². The van der Waals surface area contributed by atoms with Gasteiger partial charge in [-0.05, 0) is 104 Å². The van der Waals surface area contributed by atoms with Crippen molar-refractivity contribution in [3.05, 3.63) is 219 Å². The zero-order valence-electron chi connectivity index (χ0n) is 30.7. The highest BCUT2D eigenvalue weighted by Crippen LogP contribution is 2.39. The van der Waals surface area contributed by atoms with Gasteiger partial charge in [-0.15, -0.1) is 0 Å². The molecule has 0 saturated heterocycles. The van der Waals surface area contributed by atoms with E-state index in [9.17, 15) is 0 Å². The van der Waals surface area contributed by atoms with Crippen LogP contribution in [0.5, 0.6) is 0 Å². The van der Waals surface area contributed by atoms with Crippen LogP contribution in [0.3, 0.4) is 0 Å². The number of hydrogen-bond acceptors (Lipinski definition) is 0. The van der Waals surface area contributed by atoms with Crippen LogP contribution in [-0.4, -0.2) is 9.13 Å². The van der Waals surface area contributed by atoms with Gasteiger partial charge in [0.15, 0.2) is 0 Å². The summed E-state index contributed by atoms with van der Waals surface area (Å²) in [7, 11) is 0. The maximum Gasteiger partial charge on any atom is 0.0541 e. The van der Waals surface area contributed by atoms with Crippen LogP contribution in [0.1, 0.15) is 0 Å². The lowest BCUT2D eigenvalue weighted by Gasteiger charge is -2.13. The monoisotopic (exact) mass is 712 g/mol. The van der Waals surface area contributed by atoms with E-state index in [1.807, 2.05) is 0 Å². The van der Waals surface area contributed by atoms with Gasteiger partial charge in [-0.1, -0.05) is 158 Å². The van der Waals surface area contributed by atoms with Gasteiger partial charge in [0.05, 0.1) is 22.4 Å². The van der Waals surface area contributed by atoms with Crippen molar-refractivity contribution in [1.82, 2.24) is 9.13 Å².